The molecule has 2 aromatic carbocycles. The van der Waals surface area contributed by atoms with Crippen molar-refractivity contribution < 1.29 is 19.4 Å². The fourth-order valence-electron chi connectivity index (χ4n) is 2.19. The smallest absolute Gasteiger partial charge is 0.417 e. The SMILES string of the molecule is N#C/C(=C\c1ccc(O)c(O)c1)C(=O)c1ccc2[nH]c(=O)oc2c1. The predicted molar refractivity (Wildman–Crippen MR) is 84.5 cm³/mol. The quantitative estimate of drug-likeness (QED) is 0.294. The highest BCUT2D eigenvalue weighted by Gasteiger charge is 2.14. The summed E-state index contributed by atoms with van der Waals surface area (Å²) in [4.78, 5) is 26.1. The van der Waals surface area contributed by atoms with Gasteiger partial charge in [-0.3, -0.25) is 9.78 Å². The Bertz CT molecular complexity index is 1080. The van der Waals surface area contributed by atoms with E-state index in [-0.39, 0.29) is 28.2 Å². The number of nitriles is 1. The third-order valence-electron chi connectivity index (χ3n) is 3.36. The number of fused-ring (bicyclic) bond motifs is 1. The number of hydrogen-bond acceptors (Lipinski definition) is 6. The molecule has 7 nitrogen and oxygen atoms in total. The molecule has 3 N–H and O–H groups in total. The van der Waals surface area contributed by atoms with Gasteiger partial charge in [0.1, 0.15) is 11.6 Å². The minimum absolute atomic E-state index is 0.169. The van der Waals surface area contributed by atoms with Crippen LogP contribution >= 0.6 is 0 Å². The first-order valence-electron chi connectivity index (χ1n) is 6.79. The average Bonchev–Trinajstić information content (AvgIpc) is 2.94. The standard InChI is InChI=1S/C17H10N2O5/c18-8-11(5-9-1-4-13(20)14(21)6-9)16(22)10-2-3-12-15(7-10)24-17(23)19-12/h1-7,20-21H,(H,19,23)/b11-5+. The molecule has 0 spiro atoms. The summed E-state index contributed by atoms with van der Waals surface area (Å²) >= 11 is 0. The number of carbonyl (C=O) groups is 1. The van der Waals surface area contributed by atoms with Gasteiger partial charge in [-0.2, -0.15) is 5.26 Å². The van der Waals surface area contributed by atoms with Crippen LogP contribution in [0.5, 0.6) is 11.5 Å². The molecular weight excluding hydrogens is 312 g/mol. The first kappa shape index (κ1) is 15.1. The highest BCUT2D eigenvalue weighted by atomic mass is 16.4. The maximum absolute atomic E-state index is 12.4. The number of phenols is 2. The van der Waals surface area contributed by atoms with Crippen molar-refractivity contribution in [3.8, 4) is 17.6 Å². The number of nitrogens with zero attached hydrogens (tertiary/aromatic N) is 1. The number of allylic oxidation sites excluding steroid dienone is 1. The molecule has 3 aromatic rings. The second kappa shape index (κ2) is 5.78. The number of aromatic amines is 1. The van der Waals surface area contributed by atoms with E-state index in [1.165, 1.54) is 42.5 Å². The Morgan fingerprint density at radius 1 is 1.17 bits per heavy atom. The van der Waals surface area contributed by atoms with Crippen LogP contribution in [0.15, 0.2) is 51.2 Å². The zero-order valence-electron chi connectivity index (χ0n) is 12.1. The predicted octanol–water partition coefficient (Wildman–Crippen LogP) is 2.32. The highest BCUT2D eigenvalue weighted by Crippen LogP contribution is 2.26. The number of carbonyl (C=O) groups excluding carboxylic acids is 1. The monoisotopic (exact) mass is 322 g/mol. The van der Waals surface area contributed by atoms with Crippen LogP contribution in [0.1, 0.15) is 15.9 Å². The molecule has 0 fully saturated rings. The summed E-state index contributed by atoms with van der Waals surface area (Å²) in [5.41, 5.74) is 1.05. The molecule has 0 aliphatic carbocycles. The molecule has 118 valence electrons. The summed E-state index contributed by atoms with van der Waals surface area (Å²) in [5, 5.41) is 28.0. The number of phenolic OH excluding ortho intramolecular Hbond substituents is 2. The Balaban J connectivity index is 2.00. The van der Waals surface area contributed by atoms with Crippen LogP contribution in [0.3, 0.4) is 0 Å². The number of ketones is 1. The largest absolute Gasteiger partial charge is 0.504 e. The Hall–Kier alpha value is -3.79. The normalized spacial score (nSPS) is 11.4. The van der Waals surface area contributed by atoms with Gasteiger partial charge in [0.25, 0.3) is 0 Å². The first-order valence-corrected chi connectivity index (χ1v) is 6.79. The van der Waals surface area contributed by atoms with Gasteiger partial charge in [-0.05, 0) is 42.0 Å². The molecule has 1 heterocycles. The van der Waals surface area contributed by atoms with Crippen molar-refractivity contribution >= 4 is 23.0 Å². The third kappa shape index (κ3) is 2.76. The molecule has 0 atom stereocenters. The van der Waals surface area contributed by atoms with Gasteiger partial charge in [0.05, 0.1) is 5.52 Å². The Kier molecular flexibility index (Phi) is 3.64. The first-order chi connectivity index (χ1) is 11.5. The van der Waals surface area contributed by atoms with E-state index in [2.05, 4.69) is 4.98 Å². The van der Waals surface area contributed by atoms with Crippen molar-refractivity contribution in [2.75, 3.05) is 0 Å². The lowest BCUT2D eigenvalue weighted by Crippen LogP contribution is -2.01. The van der Waals surface area contributed by atoms with Gasteiger partial charge in [0.15, 0.2) is 17.1 Å². The van der Waals surface area contributed by atoms with E-state index in [9.17, 15) is 25.1 Å². The van der Waals surface area contributed by atoms with Crippen LogP contribution < -0.4 is 5.76 Å². The Morgan fingerprint density at radius 3 is 2.67 bits per heavy atom. The molecule has 0 amide bonds. The molecule has 0 unspecified atom stereocenters. The van der Waals surface area contributed by atoms with Crippen molar-refractivity contribution in [1.29, 1.82) is 5.26 Å². The van der Waals surface area contributed by atoms with Gasteiger partial charge in [-0.1, -0.05) is 6.07 Å². The van der Waals surface area contributed by atoms with E-state index < -0.39 is 11.5 Å². The molecule has 3 rings (SSSR count). The molecule has 0 saturated carbocycles. The summed E-state index contributed by atoms with van der Waals surface area (Å²) in [6.07, 6.45) is 1.29. The van der Waals surface area contributed by atoms with Gasteiger partial charge in [0.2, 0.25) is 5.78 Å². The van der Waals surface area contributed by atoms with E-state index in [4.69, 9.17) is 4.42 Å². The van der Waals surface area contributed by atoms with Crippen molar-refractivity contribution in [3.05, 3.63) is 63.6 Å². The summed E-state index contributed by atoms with van der Waals surface area (Å²) in [6.45, 7) is 0. The minimum Gasteiger partial charge on any atom is -0.504 e. The van der Waals surface area contributed by atoms with Gasteiger partial charge >= 0.3 is 5.76 Å². The molecule has 7 heteroatoms. The van der Waals surface area contributed by atoms with E-state index in [1.54, 1.807) is 6.07 Å². The molecule has 0 saturated heterocycles. The summed E-state index contributed by atoms with van der Waals surface area (Å²) in [6, 6.07) is 10.1. The topological polar surface area (TPSA) is 127 Å². The fourth-order valence-corrected chi connectivity index (χ4v) is 2.19. The van der Waals surface area contributed by atoms with Gasteiger partial charge < -0.3 is 14.6 Å². The molecule has 1 aromatic heterocycles. The molecule has 0 aliphatic heterocycles. The van der Waals surface area contributed by atoms with Gasteiger partial charge in [0, 0.05) is 5.56 Å². The van der Waals surface area contributed by atoms with Crippen LogP contribution in [-0.2, 0) is 0 Å². The zero-order chi connectivity index (χ0) is 17.3. The van der Waals surface area contributed by atoms with E-state index >= 15 is 0 Å². The number of rotatable bonds is 3. The van der Waals surface area contributed by atoms with E-state index in [1.807, 2.05) is 0 Å². The second-order valence-electron chi connectivity index (χ2n) is 4.97. The van der Waals surface area contributed by atoms with Crippen molar-refractivity contribution in [1.82, 2.24) is 4.98 Å². The van der Waals surface area contributed by atoms with Crippen LogP contribution in [0, 0.1) is 11.3 Å². The lowest BCUT2D eigenvalue weighted by molar-refractivity contribution is 0.104. The molecule has 0 aliphatic rings. The fraction of sp³-hybridized carbons (Fsp3) is 0. The Morgan fingerprint density at radius 2 is 1.96 bits per heavy atom. The van der Waals surface area contributed by atoms with Crippen LogP contribution in [0.25, 0.3) is 17.2 Å². The maximum Gasteiger partial charge on any atom is 0.417 e. The highest BCUT2D eigenvalue weighted by molar-refractivity contribution is 6.14. The summed E-state index contributed by atoms with van der Waals surface area (Å²) in [7, 11) is 0. The molecule has 0 radical (unpaired) electrons. The molecule has 0 bridgehead atoms. The van der Waals surface area contributed by atoms with E-state index in [0.29, 0.717) is 11.1 Å². The van der Waals surface area contributed by atoms with Crippen molar-refractivity contribution in [2.45, 2.75) is 0 Å². The second-order valence-corrected chi connectivity index (χ2v) is 4.97. The van der Waals surface area contributed by atoms with Crippen LogP contribution in [0.2, 0.25) is 0 Å². The average molecular weight is 322 g/mol. The maximum atomic E-state index is 12.4. The molecular formula is C17H10N2O5. The number of hydrogen-bond donors (Lipinski definition) is 3. The van der Waals surface area contributed by atoms with Gasteiger partial charge in [-0.15, -0.1) is 0 Å². The number of benzene rings is 2. The Labute approximate surface area is 134 Å². The number of oxazole rings is 1. The number of nitrogens with one attached hydrogen (secondary N) is 1. The number of H-pyrrole nitrogens is 1. The van der Waals surface area contributed by atoms with Crippen LogP contribution in [-0.4, -0.2) is 21.0 Å². The number of Topliss-reactive ketones (excluding diaryl/α,β-unsaturated/α-hetero) is 1. The van der Waals surface area contributed by atoms with E-state index in [0.717, 1.165) is 0 Å². The minimum atomic E-state index is -0.634. The summed E-state index contributed by atoms with van der Waals surface area (Å²) in [5.74, 6) is -1.85. The summed E-state index contributed by atoms with van der Waals surface area (Å²) < 4.78 is 4.89. The molecule has 24 heavy (non-hydrogen) atoms. The third-order valence-corrected chi connectivity index (χ3v) is 3.36. The van der Waals surface area contributed by atoms with Crippen molar-refractivity contribution in [2.24, 2.45) is 0 Å². The lowest BCUT2D eigenvalue weighted by atomic mass is 10.0. The van der Waals surface area contributed by atoms with Gasteiger partial charge in [-0.25, -0.2) is 4.79 Å². The lowest BCUT2D eigenvalue weighted by Gasteiger charge is -2.01. The number of aromatic nitrogens is 1. The van der Waals surface area contributed by atoms with Crippen molar-refractivity contribution in [3.63, 3.8) is 0 Å². The van der Waals surface area contributed by atoms with Crippen LogP contribution in [0.4, 0.5) is 0 Å². The number of aromatic hydroxyl groups is 2. The zero-order valence-corrected chi connectivity index (χ0v) is 12.1.